The summed E-state index contributed by atoms with van der Waals surface area (Å²) in [7, 11) is 1.55. The van der Waals surface area contributed by atoms with Crippen LogP contribution in [-0.2, 0) is 9.59 Å². The second-order valence-corrected chi connectivity index (χ2v) is 17.7. The zero-order valence-electron chi connectivity index (χ0n) is 34.5. The molecule has 58 heavy (non-hydrogen) atoms. The van der Waals surface area contributed by atoms with Crippen molar-refractivity contribution in [2.24, 2.45) is 28.6 Å². The van der Waals surface area contributed by atoms with Gasteiger partial charge < -0.3 is 19.3 Å². The van der Waals surface area contributed by atoms with Gasteiger partial charge in [-0.05, 0) is 79.6 Å². The molecule has 0 spiro atoms. The van der Waals surface area contributed by atoms with Gasteiger partial charge in [0.25, 0.3) is 0 Å². The van der Waals surface area contributed by atoms with E-state index in [0.29, 0.717) is 41.5 Å². The van der Waals surface area contributed by atoms with Crippen molar-refractivity contribution in [3.63, 3.8) is 0 Å². The Hall–Kier alpha value is -5.28. The lowest BCUT2D eigenvalue weighted by Crippen LogP contribution is -2.66. The highest BCUT2D eigenvalue weighted by Gasteiger charge is 2.63. The van der Waals surface area contributed by atoms with Crippen LogP contribution in [-0.4, -0.2) is 92.3 Å². The first-order valence-electron chi connectivity index (χ1n) is 20.7. The van der Waals surface area contributed by atoms with Crippen molar-refractivity contribution in [3.05, 3.63) is 77.6 Å². The lowest BCUT2D eigenvalue weighted by molar-refractivity contribution is -0.196. The molecule has 12 nitrogen and oxygen atoms in total. The first kappa shape index (κ1) is 40.9. The van der Waals surface area contributed by atoms with Crippen LogP contribution >= 0.6 is 0 Å². The third-order valence-electron chi connectivity index (χ3n) is 13.3. The van der Waals surface area contributed by atoms with Gasteiger partial charge in [-0.1, -0.05) is 27.7 Å². The third kappa shape index (κ3) is 8.60. The van der Waals surface area contributed by atoms with Crippen LogP contribution in [0.3, 0.4) is 0 Å². The predicted octanol–water partition coefficient (Wildman–Crippen LogP) is 6.33. The number of imide groups is 1. The molecule has 4 heterocycles. The van der Waals surface area contributed by atoms with Gasteiger partial charge in [0.1, 0.15) is 29.4 Å². The molecule has 3 aromatic rings. The van der Waals surface area contributed by atoms with Crippen LogP contribution in [0.25, 0.3) is 0 Å². The number of piperidine rings is 2. The number of nitrogens with zero attached hydrogens (tertiary/aromatic N) is 5. The molecule has 0 radical (unpaired) electrons. The van der Waals surface area contributed by atoms with E-state index in [0.717, 1.165) is 75.6 Å². The lowest BCUT2D eigenvalue weighted by atomic mass is 9.44. The number of pyridine rings is 1. The molecule has 1 atom stereocenters. The number of methoxy groups -OCH3 is 1. The first-order valence-corrected chi connectivity index (χ1v) is 20.7. The summed E-state index contributed by atoms with van der Waals surface area (Å²) in [4.78, 5) is 61.6. The highest BCUT2D eigenvalue weighted by molar-refractivity contribution is 6.02. The van der Waals surface area contributed by atoms with Crippen molar-refractivity contribution < 1.29 is 28.7 Å². The number of anilines is 2. The van der Waals surface area contributed by atoms with Gasteiger partial charge in [0.2, 0.25) is 11.8 Å². The molecule has 1 aromatic heterocycles. The summed E-state index contributed by atoms with van der Waals surface area (Å²) in [5.41, 5.74) is 3.26. The van der Waals surface area contributed by atoms with E-state index in [4.69, 9.17) is 9.47 Å². The number of piperazine rings is 1. The number of hydrogen-bond donors (Lipinski definition) is 1. The number of Topliss-reactive ketones (excluding diaryl/α,β-unsaturated/α-hetero) is 2. The van der Waals surface area contributed by atoms with E-state index in [9.17, 15) is 24.4 Å². The van der Waals surface area contributed by atoms with E-state index in [1.54, 1.807) is 31.5 Å². The standard InChI is InChI=1S/C46H56N6O6/c1-45(2)41(46(3,4)44(45)58-36-13-8-33(27-47)40(25-36)57-5)26-38(53)31-6-10-34(11-7-31)51-18-16-30(17-19-51)29-50-20-22-52(23-21-50)35-12-14-37(48-28-35)39(54)24-32-9-15-42(55)49-43(32)56/h6-8,10-14,25,28,30,32,41,44H,9,15-24,26,29H2,1-5H3,(H,49,55,56)/t32-,41?,44?/m1/s1. The number of aromatic nitrogens is 1. The number of nitrogens with one attached hydrogen (secondary N) is 1. The molecule has 3 aliphatic heterocycles. The second kappa shape index (κ2) is 16.9. The van der Waals surface area contributed by atoms with Crippen LogP contribution < -0.4 is 24.6 Å². The van der Waals surface area contributed by atoms with Gasteiger partial charge in [0, 0.05) is 99.1 Å². The average molecular weight is 789 g/mol. The van der Waals surface area contributed by atoms with E-state index in [2.05, 4.69) is 70.9 Å². The first-order chi connectivity index (χ1) is 27.8. The molecule has 0 bridgehead atoms. The van der Waals surface area contributed by atoms with Crippen LogP contribution in [0.4, 0.5) is 11.4 Å². The maximum atomic E-state index is 13.6. The van der Waals surface area contributed by atoms with Gasteiger partial charge in [-0.15, -0.1) is 0 Å². The Labute approximate surface area is 341 Å². The number of benzene rings is 2. The molecule has 3 saturated heterocycles. The minimum absolute atomic E-state index is 0.0632. The summed E-state index contributed by atoms with van der Waals surface area (Å²) in [6.45, 7) is 15.5. The fraction of sp³-hybridized carbons (Fsp3) is 0.522. The van der Waals surface area contributed by atoms with E-state index < -0.39 is 5.92 Å². The van der Waals surface area contributed by atoms with Crippen LogP contribution in [0, 0.1) is 39.9 Å². The van der Waals surface area contributed by atoms with E-state index in [1.807, 2.05) is 24.3 Å². The number of nitriles is 1. The van der Waals surface area contributed by atoms with Gasteiger partial charge in [0.05, 0.1) is 24.6 Å². The van der Waals surface area contributed by atoms with E-state index >= 15 is 0 Å². The average Bonchev–Trinajstić information content (AvgIpc) is 3.23. The highest BCUT2D eigenvalue weighted by Crippen LogP contribution is 2.62. The topological polar surface area (TPSA) is 145 Å². The third-order valence-corrected chi connectivity index (χ3v) is 13.3. The van der Waals surface area contributed by atoms with Crippen LogP contribution in [0.5, 0.6) is 11.5 Å². The Morgan fingerprint density at radius 2 is 1.52 bits per heavy atom. The van der Waals surface area contributed by atoms with Gasteiger partial charge >= 0.3 is 0 Å². The zero-order chi connectivity index (χ0) is 41.2. The quantitative estimate of drug-likeness (QED) is 0.153. The number of ketones is 2. The fourth-order valence-electron chi connectivity index (χ4n) is 10.1. The van der Waals surface area contributed by atoms with E-state index in [1.165, 1.54) is 0 Å². The molecule has 0 unspecified atom stereocenters. The largest absolute Gasteiger partial charge is 0.495 e. The van der Waals surface area contributed by atoms with Crippen molar-refractivity contribution in [1.82, 2.24) is 15.2 Å². The minimum Gasteiger partial charge on any atom is -0.495 e. The summed E-state index contributed by atoms with van der Waals surface area (Å²) in [6, 6.07) is 19.3. The maximum Gasteiger partial charge on any atom is 0.230 e. The Kier molecular flexibility index (Phi) is 11.9. The molecule has 306 valence electrons. The van der Waals surface area contributed by atoms with Crippen LogP contribution in [0.2, 0.25) is 0 Å². The highest BCUT2D eigenvalue weighted by atomic mass is 16.5. The minimum atomic E-state index is -0.481. The molecule has 1 N–H and O–H groups in total. The smallest absolute Gasteiger partial charge is 0.230 e. The van der Waals surface area contributed by atoms with Gasteiger partial charge in [0.15, 0.2) is 11.6 Å². The molecule has 7 rings (SSSR count). The normalized spacial score (nSPS) is 23.3. The lowest BCUT2D eigenvalue weighted by Gasteiger charge is -2.63. The van der Waals surface area contributed by atoms with Crippen molar-refractivity contribution in [2.45, 2.75) is 72.3 Å². The second-order valence-electron chi connectivity index (χ2n) is 17.7. The number of carbonyl (C=O) groups excluding carboxylic acids is 4. The number of hydrogen-bond acceptors (Lipinski definition) is 11. The Morgan fingerprint density at radius 3 is 2.14 bits per heavy atom. The summed E-state index contributed by atoms with van der Waals surface area (Å²) >= 11 is 0. The van der Waals surface area contributed by atoms with Crippen molar-refractivity contribution >= 4 is 34.8 Å². The number of rotatable bonds is 13. The molecule has 2 aromatic carbocycles. The number of amides is 2. The monoisotopic (exact) mass is 788 g/mol. The molecule has 4 aliphatic rings. The van der Waals surface area contributed by atoms with Crippen molar-refractivity contribution in [2.75, 3.05) is 62.7 Å². The van der Waals surface area contributed by atoms with Crippen LogP contribution in [0.1, 0.15) is 92.6 Å². The van der Waals surface area contributed by atoms with Crippen molar-refractivity contribution in [1.29, 1.82) is 5.26 Å². The summed E-state index contributed by atoms with van der Waals surface area (Å²) in [5.74, 6) is 0.769. The van der Waals surface area contributed by atoms with Gasteiger partial charge in [-0.2, -0.15) is 5.26 Å². The summed E-state index contributed by atoms with van der Waals surface area (Å²) in [5, 5.41) is 11.7. The Bertz CT molecular complexity index is 2030. The Balaban J connectivity index is 0.835. The summed E-state index contributed by atoms with van der Waals surface area (Å²) < 4.78 is 11.9. The molecular weight excluding hydrogens is 733 g/mol. The zero-order valence-corrected chi connectivity index (χ0v) is 34.5. The van der Waals surface area contributed by atoms with Crippen molar-refractivity contribution in [3.8, 4) is 17.6 Å². The number of carbonyl (C=O) groups is 4. The Morgan fingerprint density at radius 1 is 0.845 bits per heavy atom. The van der Waals surface area contributed by atoms with Gasteiger partial charge in [-0.3, -0.25) is 34.4 Å². The number of ether oxygens (including phenoxy) is 2. The van der Waals surface area contributed by atoms with E-state index in [-0.39, 0.29) is 59.1 Å². The fourth-order valence-corrected chi connectivity index (χ4v) is 10.1. The predicted molar refractivity (Wildman–Crippen MR) is 221 cm³/mol. The van der Waals surface area contributed by atoms with Gasteiger partial charge in [-0.25, -0.2) is 0 Å². The molecule has 4 fully saturated rings. The van der Waals surface area contributed by atoms with Crippen LogP contribution in [0.15, 0.2) is 60.8 Å². The molecule has 2 amide bonds. The molecule has 1 aliphatic carbocycles. The maximum absolute atomic E-state index is 13.6. The molecule has 1 saturated carbocycles. The SMILES string of the molecule is COc1cc(OC2C(C)(C)C(CC(=O)c3ccc(N4CCC(CN5CCN(c6ccc(C(=O)C[C@H]7CCC(=O)NC7=O)nc6)CC5)CC4)cc3)C2(C)C)ccc1C#N. The summed E-state index contributed by atoms with van der Waals surface area (Å²) in [6.07, 6.45) is 5.08. The molecule has 12 heteroatoms. The molecular formula is C46H56N6O6.